The highest BCUT2D eigenvalue weighted by atomic mass is 15.2. The van der Waals surface area contributed by atoms with Gasteiger partial charge in [0.1, 0.15) is 22.9 Å². The minimum atomic E-state index is 0.457. The van der Waals surface area contributed by atoms with Gasteiger partial charge in [0.25, 0.3) is 0 Å². The monoisotopic (exact) mass is 450 g/mol. The lowest BCUT2D eigenvalue weighted by atomic mass is 9.77. The summed E-state index contributed by atoms with van der Waals surface area (Å²) in [7, 11) is 0. The summed E-state index contributed by atoms with van der Waals surface area (Å²) >= 11 is 0. The Kier molecular flexibility index (Phi) is 5.18. The summed E-state index contributed by atoms with van der Waals surface area (Å²) < 4.78 is 2.16. The van der Waals surface area contributed by atoms with Crippen molar-refractivity contribution in [2.75, 3.05) is 18.8 Å². The van der Waals surface area contributed by atoms with E-state index in [0.717, 1.165) is 44.8 Å². The van der Waals surface area contributed by atoms with Gasteiger partial charge in [0.2, 0.25) is 0 Å². The van der Waals surface area contributed by atoms with Crippen molar-refractivity contribution in [3.63, 3.8) is 0 Å². The van der Waals surface area contributed by atoms with Gasteiger partial charge in [-0.15, -0.1) is 0 Å². The average Bonchev–Trinajstić information content (AvgIpc) is 3.18. The van der Waals surface area contributed by atoms with Gasteiger partial charge in [-0.1, -0.05) is 36.4 Å². The molecule has 172 valence electrons. The predicted molar refractivity (Wildman–Crippen MR) is 139 cm³/mol. The number of likely N-dealkylation sites (tertiary alicyclic amines) is 1. The van der Waals surface area contributed by atoms with Crippen LogP contribution in [0, 0.1) is 0 Å². The zero-order valence-electron chi connectivity index (χ0n) is 19.8. The van der Waals surface area contributed by atoms with Crippen LogP contribution in [0.3, 0.4) is 0 Å². The van der Waals surface area contributed by atoms with E-state index in [9.17, 15) is 0 Å². The summed E-state index contributed by atoms with van der Waals surface area (Å²) in [5.41, 5.74) is 12.3. The van der Waals surface area contributed by atoms with Crippen molar-refractivity contribution in [2.45, 2.75) is 45.1 Å². The molecule has 0 bridgehead atoms. The van der Waals surface area contributed by atoms with Crippen LogP contribution in [0.4, 0.5) is 5.82 Å². The maximum absolute atomic E-state index is 6.39. The molecule has 6 rings (SSSR count). The zero-order chi connectivity index (χ0) is 23.2. The first kappa shape index (κ1) is 21.1. The van der Waals surface area contributed by atoms with Gasteiger partial charge in [-0.2, -0.15) is 0 Å². The van der Waals surface area contributed by atoms with Gasteiger partial charge in [0.15, 0.2) is 0 Å². The van der Waals surface area contributed by atoms with E-state index in [1.807, 2.05) is 25.3 Å². The first-order chi connectivity index (χ1) is 16.6. The molecule has 0 unspecified atom stereocenters. The molecule has 3 aromatic heterocycles. The second-order valence-corrected chi connectivity index (χ2v) is 9.54. The Morgan fingerprint density at radius 3 is 2.71 bits per heavy atom. The van der Waals surface area contributed by atoms with E-state index in [4.69, 9.17) is 15.7 Å². The molecular formula is C28H30N6. The molecule has 6 heteroatoms. The molecule has 0 atom stereocenters. The van der Waals surface area contributed by atoms with Crippen molar-refractivity contribution in [1.82, 2.24) is 24.3 Å². The number of nitrogen functional groups attached to an aromatic ring is 1. The van der Waals surface area contributed by atoms with Crippen molar-refractivity contribution in [3.05, 3.63) is 72.5 Å². The number of aromatic nitrogens is 4. The topological polar surface area (TPSA) is 72.3 Å². The number of fused-ring (bicyclic) bond motifs is 2. The fraction of sp³-hybridized carbons (Fsp3) is 0.321. The Bertz CT molecular complexity index is 1440. The van der Waals surface area contributed by atoms with Crippen LogP contribution in [0.15, 0.2) is 61.0 Å². The number of benzene rings is 1. The maximum atomic E-state index is 6.39. The van der Waals surface area contributed by atoms with Crippen molar-refractivity contribution >= 4 is 27.8 Å². The first-order valence-electron chi connectivity index (χ1n) is 12.2. The van der Waals surface area contributed by atoms with Crippen LogP contribution in [0.5, 0.6) is 0 Å². The summed E-state index contributed by atoms with van der Waals surface area (Å²) in [6.07, 6.45) is 13.6. The average molecular weight is 451 g/mol. The molecule has 1 saturated heterocycles. The van der Waals surface area contributed by atoms with Crippen molar-refractivity contribution in [2.24, 2.45) is 0 Å². The third-order valence-electron chi connectivity index (χ3n) is 7.40. The Labute approximate surface area is 199 Å². The Morgan fingerprint density at radius 1 is 1.12 bits per heavy atom. The minimum Gasteiger partial charge on any atom is -0.382 e. The van der Waals surface area contributed by atoms with Gasteiger partial charge < -0.3 is 10.6 Å². The molecule has 1 aromatic carbocycles. The number of nitrogens with zero attached hydrogens (tertiary/aromatic N) is 5. The van der Waals surface area contributed by atoms with E-state index in [1.54, 1.807) is 6.20 Å². The Hall–Kier alpha value is -3.51. The molecule has 0 radical (unpaired) electrons. The number of pyridine rings is 1. The lowest BCUT2D eigenvalue weighted by Gasteiger charge is -2.46. The van der Waals surface area contributed by atoms with Crippen LogP contribution in [-0.2, 0) is 0 Å². The molecule has 2 aliphatic rings. The number of nitrogens with two attached hydrogens (primary N) is 1. The molecule has 6 nitrogen and oxygen atoms in total. The molecule has 2 fully saturated rings. The third kappa shape index (κ3) is 3.49. The molecule has 0 spiro atoms. The fourth-order valence-corrected chi connectivity index (χ4v) is 5.19. The molecule has 34 heavy (non-hydrogen) atoms. The third-order valence-corrected chi connectivity index (χ3v) is 7.40. The van der Waals surface area contributed by atoms with Crippen LogP contribution < -0.4 is 5.73 Å². The second-order valence-electron chi connectivity index (χ2n) is 9.54. The molecule has 4 aromatic rings. The van der Waals surface area contributed by atoms with Crippen LogP contribution in [0.1, 0.15) is 50.5 Å². The minimum absolute atomic E-state index is 0.457. The summed E-state index contributed by atoms with van der Waals surface area (Å²) in [6, 6.07) is 11.3. The Morgan fingerprint density at radius 2 is 1.94 bits per heavy atom. The second kappa shape index (κ2) is 8.37. The maximum Gasteiger partial charge on any atom is 0.150 e. The van der Waals surface area contributed by atoms with Gasteiger partial charge in [-0.25, -0.2) is 15.0 Å². The van der Waals surface area contributed by atoms with Crippen molar-refractivity contribution < 1.29 is 0 Å². The van der Waals surface area contributed by atoms with Crippen LogP contribution in [-0.4, -0.2) is 43.4 Å². The number of hydrogen-bond donors (Lipinski definition) is 1. The van der Waals surface area contributed by atoms with Gasteiger partial charge in [0, 0.05) is 35.3 Å². The van der Waals surface area contributed by atoms with E-state index in [-0.39, 0.29) is 0 Å². The summed E-state index contributed by atoms with van der Waals surface area (Å²) in [5.74, 6) is 2.07. The van der Waals surface area contributed by atoms with E-state index in [1.165, 1.54) is 32.4 Å². The summed E-state index contributed by atoms with van der Waals surface area (Å²) in [6.45, 7) is 6.60. The van der Waals surface area contributed by atoms with Crippen LogP contribution >= 0.6 is 0 Å². The van der Waals surface area contributed by atoms with E-state index >= 15 is 0 Å². The van der Waals surface area contributed by atoms with Crippen molar-refractivity contribution in [3.8, 4) is 11.3 Å². The highest BCUT2D eigenvalue weighted by Crippen LogP contribution is 2.43. The predicted octanol–water partition coefficient (Wildman–Crippen LogP) is 5.46. The molecule has 2 N–H and O–H groups in total. The normalized spacial score (nSPS) is 21.3. The van der Waals surface area contributed by atoms with Gasteiger partial charge in [0.05, 0.1) is 11.2 Å². The van der Waals surface area contributed by atoms with E-state index in [0.29, 0.717) is 17.8 Å². The largest absolute Gasteiger partial charge is 0.382 e. The molecular weight excluding hydrogens is 420 g/mol. The number of allylic oxidation sites excluding steroid dienone is 4. The number of hydrogen-bond acceptors (Lipinski definition) is 5. The number of rotatable bonds is 5. The lowest BCUT2D eigenvalue weighted by molar-refractivity contribution is 0.0520. The highest BCUT2D eigenvalue weighted by molar-refractivity contribution is 5.91. The molecule has 1 aliphatic carbocycles. The SMILES string of the molecule is C/C=C\C=C(/C)c1ccc2ccc(-c3nc(C4CC(N5CCC5)C4)n4ccnc(N)c34)cc2n1. The summed E-state index contributed by atoms with van der Waals surface area (Å²) in [4.78, 5) is 17.1. The zero-order valence-corrected chi connectivity index (χ0v) is 19.8. The molecule has 0 amide bonds. The Balaban J connectivity index is 1.41. The van der Waals surface area contributed by atoms with Crippen LogP contribution in [0.2, 0.25) is 0 Å². The summed E-state index contributed by atoms with van der Waals surface area (Å²) in [5, 5.41) is 1.11. The van der Waals surface area contributed by atoms with Gasteiger partial charge >= 0.3 is 0 Å². The molecule has 4 heterocycles. The fourth-order valence-electron chi connectivity index (χ4n) is 5.19. The molecule has 1 saturated carbocycles. The van der Waals surface area contributed by atoms with Crippen molar-refractivity contribution in [1.29, 1.82) is 0 Å². The number of anilines is 1. The van der Waals surface area contributed by atoms with E-state index in [2.05, 4.69) is 57.6 Å². The smallest absolute Gasteiger partial charge is 0.150 e. The standard InChI is InChI=1S/C28H30N6/c1-3-4-6-18(2)23-10-9-19-7-8-20(17-24(19)31-23)25-26-27(29)30-11-14-34(26)28(32-25)21-15-22(16-21)33-12-5-13-33/h3-4,6-11,14,17,21-22H,5,12-13,15-16H2,1-2H3,(H2,29,30)/b4-3-,18-6+. The lowest BCUT2D eigenvalue weighted by Crippen LogP contribution is -2.50. The first-order valence-corrected chi connectivity index (χ1v) is 12.2. The molecule has 1 aliphatic heterocycles. The quantitative estimate of drug-likeness (QED) is 0.409. The van der Waals surface area contributed by atoms with Crippen LogP contribution in [0.25, 0.3) is 33.3 Å². The van der Waals surface area contributed by atoms with Gasteiger partial charge in [-0.3, -0.25) is 4.40 Å². The highest BCUT2D eigenvalue weighted by Gasteiger charge is 2.39. The van der Waals surface area contributed by atoms with E-state index < -0.39 is 0 Å². The van der Waals surface area contributed by atoms with Gasteiger partial charge in [-0.05, 0) is 63.9 Å². The number of imidazole rings is 1.